The summed E-state index contributed by atoms with van der Waals surface area (Å²) in [4.78, 5) is 16.1. The molecule has 2 unspecified atom stereocenters. The summed E-state index contributed by atoms with van der Waals surface area (Å²) in [5, 5.41) is 2.97. The number of rotatable bonds is 8. The first-order chi connectivity index (χ1) is 11.6. The van der Waals surface area contributed by atoms with Crippen LogP contribution in [0, 0.1) is 30.7 Å². The van der Waals surface area contributed by atoms with Crippen molar-refractivity contribution in [2.45, 2.75) is 74.1 Å². The van der Waals surface area contributed by atoms with Gasteiger partial charge in [-0.2, -0.15) is 13.8 Å². The van der Waals surface area contributed by atoms with Crippen molar-refractivity contribution in [1.29, 1.82) is 0 Å². The number of aromatic nitrogens is 1. The number of hydrogen-bond acceptors (Lipinski definition) is 2. The van der Waals surface area contributed by atoms with Gasteiger partial charge >= 0.3 is 51.4 Å². The molecule has 0 fully saturated rings. The quantitative estimate of drug-likeness (QED) is 0.487. The van der Waals surface area contributed by atoms with Gasteiger partial charge in [-0.1, -0.05) is 50.0 Å². The van der Waals surface area contributed by atoms with Gasteiger partial charge in [0.2, 0.25) is 0 Å². The molecule has 0 saturated heterocycles. The van der Waals surface area contributed by atoms with Crippen LogP contribution in [0.3, 0.4) is 0 Å². The van der Waals surface area contributed by atoms with Gasteiger partial charge in [-0.3, -0.25) is 9.78 Å². The largest absolute Gasteiger partial charge is 1.00 e. The van der Waals surface area contributed by atoms with Gasteiger partial charge in [0.05, 0.1) is 0 Å². The van der Waals surface area contributed by atoms with E-state index in [9.17, 15) is 4.79 Å². The molecule has 144 valence electrons. The molecule has 3 nitrogen and oxygen atoms in total. The molecule has 5 heteroatoms. The molecule has 0 spiro atoms. The Morgan fingerprint density at radius 1 is 1.27 bits per heavy atom. The van der Waals surface area contributed by atoms with Crippen molar-refractivity contribution in [2.75, 3.05) is 0 Å². The average molecular weight is 452 g/mol. The molecule has 1 aromatic heterocycles. The SMILES string of the molecule is CCC(C)CCC(CC(C)C)C(=O)N[C-](C)C.Cc1cc(Br)ccn1.[K+]. The first-order valence-corrected chi connectivity index (χ1v) is 10.1. The van der Waals surface area contributed by atoms with E-state index in [-0.39, 0.29) is 63.2 Å². The molecular weight excluding hydrogens is 415 g/mol. The summed E-state index contributed by atoms with van der Waals surface area (Å²) in [5.74, 6) is 1.70. The van der Waals surface area contributed by atoms with E-state index in [1.165, 1.54) is 6.42 Å². The van der Waals surface area contributed by atoms with Crippen LogP contribution in [-0.4, -0.2) is 10.9 Å². The normalized spacial score (nSPS) is 12.7. The van der Waals surface area contributed by atoms with Crippen LogP contribution in [0.15, 0.2) is 22.8 Å². The van der Waals surface area contributed by atoms with E-state index < -0.39 is 0 Å². The summed E-state index contributed by atoms with van der Waals surface area (Å²) in [7, 11) is 0. The topological polar surface area (TPSA) is 42.0 Å². The average Bonchev–Trinajstić information content (AvgIpc) is 2.50. The third-order valence-electron chi connectivity index (χ3n) is 4.06. The Bertz CT molecular complexity index is 477. The van der Waals surface area contributed by atoms with Gasteiger partial charge in [0.25, 0.3) is 0 Å². The van der Waals surface area contributed by atoms with E-state index in [1.54, 1.807) is 6.20 Å². The molecule has 26 heavy (non-hydrogen) atoms. The fourth-order valence-corrected chi connectivity index (χ4v) is 2.92. The number of nitrogens with zero attached hydrogens (tertiary/aromatic N) is 1. The Labute approximate surface area is 212 Å². The first kappa shape index (κ1) is 28.9. The zero-order valence-electron chi connectivity index (χ0n) is 18.0. The van der Waals surface area contributed by atoms with Crippen LogP contribution in [0.2, 0.25) is 0 Å². The molecule has 0 aliphatic rings. The molecule has 1 heterocycles. The van der Waals surface area contributed by atoms with E-state index in [2.05, 4.69) is 53.9 Å². The molecule has 0 radical (unpaired) electrons. The third-order valence-corrected chi connectivity index (χ3v) is 4.56. The Morgan fingerprint density at radius 3 is 2.27 bits per heavy atom. The summed E-state index contributed by atoms with van der Waals surface area (Å²) in [6.07, 6.45) is 6.15. The summed E-state index contributed by atoms with van der Waals surface area (Å²) in [6, 6.07) is 4.87. The van der Waals surface area contributed by atoms with Crippen molar-refractivity contribution in [1.82, 2.24) is 10.3 Å². The molecule has 2 atom stereocenters. The van der Waals surface area contributed by atoms with Crippen LogP contribution < -0.4 is 56.7 Å². The predicted molar refractivity (Wildman–Crippen MR) is 111 cm³/mol. The Kier molecular flexibility index (Phi) is 18.6. The van der Waals surface area contributed by atoms with Crippen LogP contribution in [0.4, 0.5) is 0 Å². The monoisotopic (exact) mass is 450 g/mol. The van der Waals surface area contributed by atoms with Crippen molar-refractivity contribution in [3.63, 3.8) is 0 Å². The number of halogens is 1. The van der Waals surface area contributed by atoms with Gasteiger partial charge in [0.1, 0.15) is 0 Å². The molecule has 1 rings (SSSR count). The maximum atomic E-state index is 12.1. The van der Waals surface area contributed by atoms with E-state index in [4.69, 9.17) is 0 Å². The first-order valence-electron chi connectivity index (χ1n) is 9.34. The molecule has 0 aromatic carbocycles. The molecule has 0 aliphatic carbocycles. The van der Waals surface area contributed by atoms with Crippen LogP contribution in [0.1, 0.15) is 72.9 Å². The standard InChI is InChI=1S/C15H30NO.C6H6BrN.K/c1-7-13(6)8-9-14(10-11(2)3)15(17)16-12(4)5;1-5-4-6(7)2-3-8-5;/h11,13-14H,7-10H2,1-6H3,(H,16,17);2-4H,1H3;/q-1;;+1. The number of carbonyl (C=O) groups excluding carboxylic acids is 1. The minimum Gasteiger partial charge on any atom is -0.503 e. The summed E-state index contributed by atoms with van der Waals surface area (Å²) >= 11 is 3.32. The second kappa shape index (κ2) is 16.7. The zero-order valence-corrected chi connectivity index (χ0v) is 22.7. The Hall–Kier alpha value is 0.736. The number of carbonyl (C=O) groups is 1. The zero-order chi connectivity index (χ0) is 19.4. The van der Waals surface area contributed by atoms with E-state index in [0.717, 1.165) is 41.4 Å². The van der Waals surface area contributed by atoms with Gasteiger partial charge < -0.3 is 5.32 Å². The minimum absolute atomic E-state index is 0. The fraction of sp³-hybridized carbons (Fsp3) is 0.667. The molecule has 1 N–H and O–H groups in total. The smallest absolute Gasteiger partial charge is 0.503 e. The minimum atomic E-state index is 0. The number of amides is 1. The van der Waals surface area contributed by atoms with Crippen LogP contribution in [-0.2, 0) is 4.79 Å². The second-order valence-electron chi connectivity index (χ2n) is 7.52. The fourth-order valence-electron chi connectivity index (χ4n) is 2.47. The summed E-state index contributed by atoms with van der Waals surface area (Å²) < 4.78 is 1.09. The second-order valence-corrected chi connectivity index (χ2v) is 8.44. The van der Waals surface area contributed by atoms with Crippen molar-refractivity contribution >= 4 is 21.8 Å². The van der Waals surface area contributed by atoms with Crippen molar-refractivity contribution in [2.24, 2.45) is 17.8 Å². The van der Waals surface area contributed by atoms with Gasteiger partial charge in [-0.05, 0) is 50.2 Å². The number of aryl methyl sites for hydroxylation is 1. The van der Waals surface area contributed by atoms with Gasteiger partial charge in [-0.25, -0.2) is 6.04 Å². The van der Waals surface area contributed by atoms with Gasteiger partial charge in [0, 0.05) is 22.3 Å². The maximum absolute atomic E-state index is 12.1. The van der Waals surface area contributed by atoms with Crippen LogP contribution >= 0.6 is 15.9 Å². The van der Waals surface area contributed by atoms with Crippen molar-refractivity contribution in [3.05, 3.63) is 34.5 Å². The van der Waals surface area contributed by atoms with Crippen LogP contribution in [0.5, 0.6) is 0 Å². The molecule has 0 aliphatic heterocycles. The molecular formula is C21H36BrKN2O. The van der Waals surface area contributed by atoms with E-state index in [0.29, 0.717) is 5.92 Å². The van der Waals surface area contributed by atoms with Gasteiger partial charge in [0.15, 0.2) is 5.91 Å². The third kappa shape index (κ3) is 15.8. The number of nitrogens with one attached hydrogen (secondary N) is 1. The van der Waals surface area contributed by atoms with Gasteiger partial charge in [-0.15, -0.1) is 0 Å². The van der Waals surface area contributed by atoms with Crippen LogP contribution in [0.25, 0.3) is 0 Å². The maximum Gasteiger partial charge on any atom is 1.00 e. The van der Waals surface area contributed by atoms with E-state index >= 15 is 0 Å². The molecule has 1 amide bonds. The number of hydrogen-bond donors (Lipinski definition) is 1. The van der Waals surface area contributed by atoms with Crippen molar-refractivity contribution in [3.8, 4) is 0 Å². The van der Waals surface area contributed by atoms with E-state index in [1.807, 2.05) is 32.9 Å². The predicted octanol–water partition coefficient (Wildman–Crippen LogP) is 3.32. The molecule has 0 saturated carbocycles. The Morgan fingerprint density at radius 2 is 1.88 bits per heavy atom. The summed E-state index contributed by atoms with van der Waals surface area (Å²) in [6.45, 7) is 14.7. The molecule has 0 bridgehead atoms. The summed E-state index contributed by atoms with van der Waals surface area (Å²) in [5.41, 5.74) is 1.04. The molecule has 1 aromatic rings. The number of pyridine rings is 1. The van der Waals surface area contributed by atoms with Crippen molar-refractivity contribution < 1.29 is 56.2 Å². The Balaban J connectivity index is 0.